The van der Waals surface area contributed by atoms with Crippen molar-refractivity contribution in [2.24, 2.45) is 5.92 Å². The number of esters is 1. The normalized spacial score (nSPS) is 35.5. The molecule has 64 valence electrons. The third-order valence-corrected chi connectivity index (χ3v) is 2.13. The van der Waals surface area contributed by atoms with Gasteiger partial charge in [0.1, 0.15) is 6.10 Å². The Morgan fingerprint density at radius 3 is 2.55 bits per heavy atom. The molecule has 1 aliphatic rings. The van der Waals surface area contributed by atoms with Crippen molar-refractivity contribution < 1.29 is 14.3 Å². The second-order valence-corrected chi connectivity index (χ2v) is 3.48. The summed E-state index contributed by atoms with van der Waals surface area (Å²) < 4.78 is 9.47. The Balaban J connectivity index is 2.55. The molecule has 2 atom stereocenters. The molecule has 0 amide bonds. The topological polar surface area (TPSA) is 38.8 Å². The summed E-state index contributed by atoms with van der Waals surface area (Å²) in [6, 6.07) is 0. The van der Waals surface area contributed by atoms with Crippen molar-refractivity contribution >= 4 is 17.6 Å². The van der Waals surface area contributed by atoms with E-state index in [4.69, 9.17) is 16.3 Å². The average Bonchev–Trinajstić information content (AvgIpc) is 2.62. The van der Waals surface area contributed by atoms with Crippen LogP contribution in [0.1, 0.15) is 13.8 Å². The Kier molecular flexibility index (Phi) is 2.12. The van der Waals surface area contributed by atoms with Gasteiger partial charge in [0.25, 0.3) is 5.06 Å². The van der Waals surface area contributed by atoms with Crippen LogP contribution < -0.4 is 0 Å². The van der Waals surface area contributed by atoms with Crippen LogP contribution in [-0.2, 0) is 14.3 Å². The number of ether oxygens (including phenoxy) is 2. The second kappa shape index (κ2) is 2.64. The molecule has 11 heavy (non-hydrogen) atoms. The highest BCUT2D eigenvalue weighted by Gasteiger charge is 2.64. The van der Waals surface area contributed by atoms with Crippen molar-refractivity contribution in [3.63, 3.8) is 0 Å². The van der Waals surface area contributed by atoms with Gasteiger partial charge in [0.05, 0.1) is 7.11 Å². The molecule has 2 unspecified atom stereocenters. The lowest BCUT2D eigenvalue weighted by Gasteiger charge is -2.02. The van der Waals surface area contributed by atoms with Gasteiger partial charge in [-0.1, -0.05) is 25.4 Å². The molecule has 0 aromatic rings. The van der Waals surface area contributed by atoms with Gasteiger partial charge in [-0.2, -0.15) is 0 Å². The Bertz CT molecular complexity index is 181. The number of alkyl halides is 1. The van der Waals surface area contributed by atoms with Gasteiger partial charge in [-0.3, -0.25) is 0 Å². The quantitative estimate of drug-likeness (QED) is 0.362. The van der Waals surface area contributed by atoms with Gasteiger partial charge in [0.2, 0.25) is 0 Å². The molecule has 1 saturated heterocycles. The lowest BCUT2D eigenvalue weighted by Crippen LogP contribution is -2.24. The van der Waals surface area contributed by atoms with E-state index in [-0.39, 0.29) is 12.0 Å². The van der Waals surface area contributed by atoms with Crippen molar-refractivity contribution in [3.8, 4) is 0 Å². The fourth-order valence-electron chi connectivity index (χ4n) is 1.02. The third-order valence-electron chi connectivity index (χ3n) is 1.68. The van der Waals surface area contributed by atoms with Crippen LogP contribution in [0.25, 0.3) is 0 Å². The highest BCUT2D eigenvalue weighted by Crippen LogP contribution is 2.45. The van der Waals surface area contributed by atoms with E-state index in [0.717, 1.165) is 0 Å². The minimum atomic E-state index is -1.19. The zero-order valence-electron chi connectivity index (χ0n) is 6.76. The smallest absolute Gasteiger partial charge is 0.356 e. The van der Waals surface area contributed by atoms with Crippen LogP contribution in [0.5, 0.6) is 0 Å². The van der Waals surface area contributed by atoms with Crippen LogP contribution in [0.15, 0.2) is 0 Å². The van der Waals surface area contributed by atoms with Crippen LogP contribution in [0.2, 0.25) is 0 Å². The standard InChI is InChI=1S/C7H11ClO3/c1-4(2)5-7(8,11-5)6(9)10-3/h4-5H,1-3H3. The predicted octanol–water partition coefficient (Wildman–Crippen LogP) is 1.15. The van der Waals surface area contributed by atoms with Gasteiger partial charge in [0, 0.05) is 0 Å². The Morgan fingerprint density at radius 2 is 2.27 bits per heavy atom. The van der Waals surface area contributed by atoms with Gasteiger partial charge in [-0.05, 0) is 5.92 Å². The van der Waals surface area contributed by atoms with Crippen molar-refractivity contribution in [1.29, 1.82) is 0 Å². The molecule has 1 fully saturated rings. The first-order valence-corrected chi connectivity index (χ1v) is 3.85. The van der Waals surface area contributed by atoms with Crippen molar-refractivity contribution in [2.45, 2.75) is 25.0 Å². The maximum Gasteiger partial charge on any atom is 0.356 e. The summed E-state index contributed by atoms with van der Waals surface area (Å²) in [4.78, 5) is 10.9. The lowest BCUT2D eigenvalue weighted by atomic mass is 10.1. The van der Waals surface area contributed by atoms with E-state index in [2.05, 4.69) is 4.74 Å². The van der Waals surface area contributed by atoms with Gasteiger partial charge in [-0.25, -0.2) is 4.79 Å². The monoisotopic (exact) mass is 178 g/mol. The first kappa shape index (κ1) is 8.81. The van der Waals surface area contributed by atoms with Crippen LogP contribution in [0.4, 0.5) is 0 Å². The summed E-state index contributed by atoms with van der Waals surface area (Å²) in [5.74, 6) is -0.260. The zero-order valence-corrected chi connectivity index (χ0v) is 7.51. The van der Waals surface area contributed by atoms with Crippen molar-refractivity contribution in [2.75, 3.05) is 7.11 Å². The molecule has 0 N–H and O–H groups in total. The summed E-state index contributed by atoms with van der Waals surface area (Å²) in [6.07, 6.45) is -0.198. The van der Waals surface area contributed by atoms with E-state index in [0.29, 0.717) is 0 Å². The van der Waals surface area contributed by atoms with Crippen LogP contribution >= 0.6 is 11.6 Å². The number of halogens is 1. The molecule has 4 heteroatoms. The first-order valence-electron chi connectivity index (χ1n) is 3.47. The van der Waals surface area contributed by atoms with Gasteiger partial charge in [0.15, 0.2) is 0 Å². The Morgan fingerprint density at radius 1 is 1.73 bits per heavy atom. The molecule has 0 radical (unpaired) electrons. The number of epoxide rings is 1. The molecule has 0 aromatic heterocycles. The fourth-order valence-corrected chi connectivity index (χ4v) is 1.44. The molecule has 3 nitrogen and oxygen atoms in total. The molecule has 0 bridgehead atoms. The SMILES string of the molecule is COC(=O)C1(Cl)OC1C(C)C. The fraction of sp³-hybridized carbons (Fsp3) is 0.857. The molecule has 0 aliphatic carbocycles. The predicted molar refractivity (Wildman–Crippen MR) is 40.3 cm³/mol. The number of methoxy groups -OCH3 is 1. The molecule has 1 aliphatic heterocycles. The second-order valence-electron chi connectivity index (χ2n) is 2.92. The Labute approximate surface area is 70.6 Å². The first-order chi connectivity index (χ1) is 5.02. The van der Waals surface area contributed by atoms with E-state index >= 15 is 0 Å². The van der Waals surface area contributed by atoms with Crippen molar-refractivity contribution in [1.82, 2.24) is 0 Å². The largest absolute Gasteiger partial charge is 0.466 e. The molecule has 0 aromatic carbocycles. The molecule has 1 rings (SSSR count). The lowest BCUT2D eigenvalue weighted by molar-refractivity contribution is -0.143. The van der Waals surface area contributed by atoms with Gasteiger partial charge in [-0.15, -0.1) is 0 Å². The van der Waals surface area contributed by atoms with Crippen LogP contribution in [-0.4, -0.2) is 24.2 Å². The zero-order chi connectivity index (χ0) is 8.65. The van der Waals surface area contributed by atoms with Gasteiger partial charge >= 0.3 is 5.97 Å². The van der Waals surface area contributed by atoms with E-state index in [9.17, 15) is 4.79 Å². The van der Waals surface area contributed by atoms with Crippen molar-refractivity contribution in [3.05, 3.63) is 0 Å². The number of carbonyl (C=O) groups excluding carboxylic acids is 1. The van der Waals surface area contributed by atoms with E-state index < -0.39 is 11.0 Å². The molecule has 0 saturated carbocycles. The summed E-state index contributed by atoms with van der Waals surface area (Å²) in [6.45, 7) is 3.88. The summed E-state index contributed by atoms with van der Waals surface area (Å²) >= 11 is 5.76. The summed E-state index contributed by atoms with van der Waals surface area (Å²) in [5, 5.41) is -1.19. The maximum absolute atomic E-state index is 10.9. The molecule has 1 heterocycles. The minimum Gasteiger partial charge on any atom is -0.466 e. The number of rotatable bonds is 2. The molecule has 0 spiro atoms. The highest BCUT2D eigenvalue weighted by molar-refractivity contribution is 6.35. The van der Waals surface area contributed by atoms with Crippen LogP contribution in [0, 0.1) is 5.92 Å². The summed E-state index contributed by atoms with van der Waals surface area (Å²) in [7, 11) is 1.30. The minimum absolute atomic E-state index is 0.198. The highest BCUT2D eigenvalue weighted by atomic mass is 35.5. The molecular formula is C7H11ClO3. The van der Waals surface area contributed by atoms with Gasteiger partial charge < -0.3 is 9.47 Å². The number of hydrogen-bond donors (Lipinski definition) is 0. The number of hydrogen-bond acceptors (Lipinski definition) is 3. The average molecular weight is 179 g/mol. The van der Waals surface area contributed by atoms with E-state index in [1.807, 2.05) is 13.8 Å². The van der Waals surface area contributed by atoms with Crippen LogP contribution in [0.3, 0.4) is 0 Å². The maximum atomic E-state index is 10.9. The van der Waals surface area contributed by atoms with E-state index in [1.165, 1.54) is 7.11 Å². The third kappa shape index (κ3) is 1.35. The summed E-state index contributed by atoms with van der Waals surface area (Å²) in [5.41, 5.74) is 0. The number of carbonyl (C=O) groups is 1. The Hall–Kier alpha value is -0.280. The van der Waals surface area contributed by atoms with E-state index in [1.54, 1.807) is 0 Å². The molecular weight excluding hydrogens is 168 g/mol.